The Kier molecular flexibility index (Phi) is 18.0. The van der Waals surface area contributed by atoms with Gasteiger partial charge < -0.3 is 18.9 Å². The minimum atomic E-state index is -3.63. The van der Waals surface area contributed by atoms with Gasteiger partial charge in [-0.15, -0.1) is 22.7 Å². The normalized spacial score (nSPS) is 11.6. The minimum absolute atomic E-state index is 0.120. The fourth-order valence-corrected chi connectivity index (χ4v) is 13.4. The van der Waals surface area contributed by atoms with Crippen molar-refractivity contribution in [3.05, 3.63) is 208 Å². The average Bonchev–Trinajstić information content (AvgIpc) is 1.64. The molecule has 4 aromatic heterocycles. The predicted octanol–water partition coefficient (Wildman–Crippen LogP) is 15.9. The maximum atomic E-state index is 13.7. The molecule has 4 heterocycles. The van der Waals surface area contributed by atoms with E-state index in [4.69, 9.17) is 18.9 Å². The monoisotopic (exact) mass is 1340 g/mol. The van der Waals surface area contributed by atoms with Crippen LogP contribution in [0.2, 0.25) is 0 Å². The number of furan rings is 2. The number of nitrogens with zero attached hydrogens (tertiary/aromatic N) is 2. The Labute approximate surface area is 518 Å². The van der Waals surface area contributed by atoms with E-state index in [9.17, 15) is 35.2 Å². The second-order valence-electron chi connectivity index (χ2n) is 20.2. The van der Waals surface area contributed by atoms with Crippen LogP contribution in [-0.2, 0) is 20.0 Å². The van der Waals surface area contributed by atoms with E-state index >= 15 is 0 Å². The Bertz CT molecular complexity index is 4720. The molecule has 436 valence electrons. The van der Waals surface area contributed by atoms with Crippen LogP contribution in [0.25, 0.3) is 97.5 Å². The summed E-state index contributed by atoms with van der Waals surface area (Å²) in [6, 6.07) is 54.0. The lowest BCUT2D eigenvalue weighted by atomic mass is 9.89. The molecule has 20 heteroatoms. The molecule has 12 aromatic rings. The predicted molar refractivity (Wildman–Crippen MR) is 355 cm³/mol. The quantitative estimate of drug-likeness (QED) is 0.0605. The van der Waals surface area contributed by atoms with Crippen LogP contribution in [0, 0.1) is 15.2 Å². The molecule has 0 aliphatic carbocycles. The summed E-state index contributed by atoms with van der Waals surface area (Å²) in [5, 5.41) is 21.2. The van der Waals surface area contributed by atoms with E-state index in [-0.39, 0.29) is 24.4 Å². The van der Waals surface area contributed by atoms with Gasteiger partial charge in [0, 0.05) is 94.7 Å². The SMILES string of the molecule is CCC(=O)c1c(-c2ccc(F)cc2)oc2cc(N(C)S(C)(=O)=O)c(-c3cccc(-c4cc5ccccc5s4)c3)cc12.CCC(=O)c1c(-c2ccc(F)cc2)oc2cc(N(C)S(C)(=O)=O)c(-c3cccc(I)c3)cc12.OB(O)c1cc2ccccc2s1. The van der Waals surface area contributed by atoms with E-state index in [1.54, 1.807) is 73.7 Å². The number of benzene rings is 8. The van der Waals surface area contributed by atoms with Crippen LogP contribution in [0.1, 0.15) is 47.4 Å². The van der Waals surface area contributed by atoms with Crippen molar-refractivity contribution in [2.75, 3.05) is 35.2 Å². The van der Waals surface area contributed by atoms with Gasteiger partial charge in [-0.05, 0) is 153 Å². The van der Waals surface area contributed by atoms with Gasteiger partial charge >= 0.3 is 7.12 Å². The van der Waals surface area contributed by atoms with Gasteiger partial charge in [0.2, 0.25) is 20.0 Å². The first-order valence-electron chi connectivity index (χ1n) is 26.9. The summed E-state index contributed by atoms with van der Waals surface area (Å²) < 4.78 is 96.0. The molecular weight excluding hydrogens is 1280 g/mol. The Morgan fingerprint density at radius 2 is 0.953 bits per heavy atom. The van der Waals surface area contributed by atoms with Gasteiger partial charge in [0.05, 0.1) is 35.0 Å². The van der Waals surface area contributed by atoms with Gasteiger partial charge in [-0.25, -0.2) is 25.6 Å². The highest BCUT2D eigenvalue weighted by atomic mass is 127. The summed E-state index contributed by atoms with van der Waals surface area (Å²) in [5.41, 5.74) is 7.44. The highest BCUT2D eigenvalue weighted by Gasteiger charge is 2.28. The number of Topliss-reactive ketones (excluding diaryl/α,β-unsaturated/α-hetero) is 2. The molecular formula is C66H54BF2IN2O10S4. The van der Waals surface area contributed by atoms with Crippen molar-refractivity contribution in [3.63, 3.8) is 0 Å². The Morgan fingerprint density at radius 1 is 0.523 bits per heavy atom. The number of thiophene rings is 2. The van der Waals surface area contributed by atoms with Gasteiger partial charge in [0.1, 0.15) is 34.3 Å². The molecule has 12 rings (SSSR count). The van der Waals surface area contributed by atoms with E-state index in [1.807, 2.05) is 91.0 Å². The first-order chi connectivity index (χ1) is 41.0. The number of rotatable bonds is 14. The third-order valence-corrected chi connectivity index (χ3v) is 19.8. The van der Waals surface area contributed by atoms with Crippen molar-refractivity contribution in [2.24, 2.45) is 0 Å². The van der Waals surface area contributed by atoms with Gasteiger partial charge in [-0.2, -0.15) is 0 Å². The first-order valence-corrected chi connectivity index (χ1v) is 33.3. The molecule has 8 aromatic carbocycles. The summed E-state index contributed by atoms with van der Waals surface area (Å²) in [7, 11) is -5.56. The van der Waals surface area contributed by atoms with Crippen LogP contribution in [0.4, 0.5) is 20.2 Å². The number of anilines is 2. The molecule has 0 fully saturated rings. The van der Waals surface area contributed by atoms with E-state index in [0.29, 0.717) is 83.0 Å². The van der Waals surface area contributed by atoms with Gasteiger partial charge in [0.25, 0.3) is 0 Å². The highest BCUT2D eigenvalue weighted by molar-refractivity contribution is 14.1. The van der Waals surface area contributed by atoms with Gasteiger partial charge in [0.15, 0.2) is 11.6 Å². The van der Waals surface area contributed by atoms with Crippen LogP contribution in [0.5, 0.6) is 0 Å². The highest BCUT2D eigenvalue weighted by Crippen LogP contribution is 2.45. The van der Waals surface area contributed by atoms with E-state index in [1.165, 1.54) is 63.0 Å². The average molecular weight is 1340 g/mol. The number of hydrogen-bond donors (Lipinski definition) is 2. The second kappa shape index (κ2) is 25.2. The Morgan fingerprint density at radius 3 is 1.38 bits per heavy atom. The molecule has 0 spiro atoms. The second-order valence-corrected chi connectivity index (χ2v) is 27.6. The summed E-state index contributed by atoms with van der Waals surface area (Å²) in [6.07, 6.45) is 2.78. The number of carbonyl (C=O) groups is 2. The summed E-state index contributed by atoms with van der Waals surface area (Å²) in [5.74, 6) is -0.369. The summed E-state index contributed by atoms with van der Waals surface area (Å²) >= 11 is 5.29. The molecule has 0 aliphatic rings. The molecule has 0 aliphatic heterocycles. The third-order valence-electron chi connectivity index (χ3n) is 14.4. The van der Waals surface area contributed by atoms with Crippen molar-refractivity contribution in [1.82, 2.24) is 0 Å². The molecule has 0 bridgehead atoms. The largest absolute Gasteiger partial charge is 0.499 e. The van der Waals surface area contributed by atoms with Crippen molar-refractivity contribution in [1.29, 1.82) is 0 Å². The molecule has 12 nitrogen and oxygen atoms in total. The maximum absolute atomic E-state index is 13.7. The zero-order chi connectivity index (χ0) is 61.4. The summed E-state index contributed by atoms with van der Waals surface area (Å²) in [6.45, 7) is 3.54. The van der Waals surface area contributed by atoms with Crippen molar-refractivity contribution < 1.29 is 54.1 Å². The first kappa shape index (κ1) is 61.3. The smallest absolute Gasteiger partial charge is 0.455 e. The lowest BCUT2D eigenvalue weighted by molar-refractivity contribution is 0.0981. The molecule has 2 N–H and O–H groups in total. The Balaban J connectivity index is 0.000000162. The Hall–Kier alpha value is -7.83. The van der Waals surface area contributed by atoms with Crippen LogP contribution >= 0.6 is 45.3 Å². The van der Waals surface area contributed by atoms with E-state index < -0.39 is 38.8 Å². The van der Waals surface area contributed by atoms with E-state index in [2.05, 4.69) is 40.8 Å². The molecule has 0 saturated heterocycles. The standard InChI is InChI=1S/C33H26FNO4S2.C25H21FINO4S.C8H7BO2S/c1-4-28(36)32-26-18-25(21-9-7-10-22(16-21)31-17-23-8-5-6-11-30(23)40-31)27(35(2)41(3,37)38)19-29(26)39-33(32)20-12-14-24(34)15-13-20;1-4-22(29)24-20-13-19(16-6-5-7-18(27)12-16)21(28(2)33(3,30)31)14-23(20)32-25(24)15-8-10-17(26)11-9-15;10-9(11)8-5-6-3-1-2-4-7(6)12-8/h5-19H,4H2,1-3H3;5-14H,4H2,1-3H3;1-5,10-11H. The fourth-order valence-electron chi connectivity index (χ4n) is 9.87. The zero-order valence-corrected chi connectivity index (χ0v) is 52.6. The van der Waals surface area contributed by atoms with Gasteiger partial charge in [-0.1, -0.05) is 80.6 Å². The molecule has 0 radical (unpaired) electrons. The van der Waals surface area contributed by atoms with Gasteiger partial charge in [-0.3, -0.25) is 18.2 Å². The lowest BCUT2D eigenvalue weighted by Gasteiger charge is -2.21. The van der Waals surface area contributed by atoms with Crippen molar-refractivity contribution >= 4 is 142 Å². The van der Waals surface area contributed by atoms with Crippen molar-refractivity contribution in [3.8, 4) is 55.3 Å². The number of carbonyl (C=O) groups excluding carboxylic acids is 2. The topological polar surface area (TPSA) is 176 Å². The molecule has 0 saturated carbocycles. The van der Waals surface area contributed by atoms with Crippen LogP contribution in [0.15, 0.2) is 191 Å². The molecule has 0 amide bonds. The maximum Gasteiger partial charge on any atom is 0.499 e. The molecule has 0 atom stereocenters. The fraction of sp³-hybridized carbons (Fsp3) is 0.121. The minimum Gasteiger partial charge on any atom is -0.455 e. The lowest BCUT2D eigenvalue weighted by Crippen LogP contribution is -2.26. The van der Waals surface area contributed by atoms with Crippen LogP contribution < -0.4 is 13.4 Å². The summed E-state index contributed by atoms with van der Waals surface area (Å²) in [4.78, 5) is 27.3. The van der Waals surface area contributed by atoms with E-state index in [0.717, 1.165) is 53.1 Å². The molecule has 86 heavy (non-hydrogen) atoms. The number of fused-ring (bicyclic) bond motifs is 4. The molecule has 0 unspecified atom stereocenters. The third kappa shape index (κ3) is 13.0. The van der Waals surface area contributed by atoms with Crippen LogP contribution in [0.3, 0.4) is 0 Å². The van der Waals surface area contributed by atoms with Crippen LogP contribution in [-0.4, -0.2) is 72.2 Å². The van der Waals surface area contributed by atoms with Crippen molar-refractivity contribution in [2.45, 2.75) is 26.7 Å². The number of sulfonamides is 2. The zero-order valence-electron chi connectivity index (χ0n) is 47.1. The number of halogens is 3. The number of hydrogen-bond acceptors (Lipinski definition) is 12. The number of ketones is 2.